The summed E-state index contributed by atoms with van der Waals surface area (Å²) in [6.45, 7) is 0. The summed E-state index contributed by atoms with van der Waals surface area (Å²) in [6.07, 6.45) is 0.779. The van der Waals surface area contributed by atoms with Crippen molar-refractivity contribution in [2.45, 2.75) is 12.8 Å². The van der Waals surface area contributed by atoms with E-state index in [9.17, 15) is 9.90 Å². The second-order valence-corrected chi connectivity index (χ2v) is 4.29. The second kappa shape index (κ2) is 6.39. The highest BCUT2D eigenvalue weighted by Crippen LogP contribution is 2.28. The number of nitriles is 1. The lowest BCUT2D eigenvalue weighted by Crippen LogP contribution is -2.12. The van der Waals surface area contributed by atoms with Gasteiger partial charge in [0.15, 0.2) is 0 Å². The minimum absolute atomic E-state index is 0.0204. The second-order valence-electron chi connectivity index (χ2n) is 4.29. The number of anilines is 1. The van der Waals surface area contributed by atoms with Gasteiger partial charge in [-0.25, -0.2) is 0 Å². The van der Waals surface area contributed by atoms with Gasteiger partial charge >= 0.3 is 0 Å². The quantitative estimate of drug-likeness (QED) is 0.835. The average Bonchev–Trinajstić information content (AvgIpc) is 2.49. The number of hydrogen-bond donors (Lipinski definition) is 2. The highest BCUT2D eigenvalue weighted by atomic mass is 16.3. The van der Waals surface area contributed by atoms with E-state index in [2.05, 4.69) is 5.32 Å². The van der Waals surface area contributed by atoms with Crippen LogP contribution in [0.4, 0.5) is 5.69 Å². The van der Waals surface area contributed by atoms with Gasteiger partial charge in [-0.05, 0) is 30.2 Å². The van der Waals surface area contributed by atoms with Crippen molar-refractivity contribution >= 4 is 11.6 Å². The number of aromatic hydroxyl groups is 1. The van der Waals surface area contributed by atoms with E-state index in [1.807, 2.05) is 12.1 Å². The normalized spacial score (nSPS) is 9.75. The Kier molecular flexibility index (Phi) is 4.35. The van der Waals surface area contributed by atoms with Gasteiger partial charge in [-0.2, -0.15) is 5.26 Å². The van der Waals surface area contributed by atoms with Crippen LogP contribution in [-0.4, -0.2) is 11.0 Å². The standard InChI is InChI=1S/C16H14N2O2/c17-11-5-9-12-8-4-10-14(15(12)19)18-16(20)13-6-2-1-3-7-13/h1-4,6-8,10,19H,5,9H2,(H,18,20). The van der Waals surface area contributed by atoms with Crippen LogP contribution in [0.25, 0.3) is 0 Å². The molecule has 2 aromatic carbocycles. The molecular formula is C16H14N2O2. The van der Waals surface area contributed by atoms with Crippen LogP contribution in [0.15, 0.2) is 48.5 Å². The van der Waals surface area contributed by atoms with Crippen molar-refractivity contribution in [3.63, 3.8) is 0 Å². The molecule has 4 nitrogen and oxygen atoms in total. The van der Waals surface area contributed by atoms with E-state index in [1.54, 1.807) is 42.5 Å². The highest BCUT2D eigenvalue weighted by Gasteiger charge is 2.11. The van der Waals surface area contributed by atoms with Gasteiger partial charge in [0.05, 0.1) is 11.8 Å². The van der Waals surface area contributed by atoms with Crippen molar-refractivity contribution in [2.24, 2.45) is 0 Å². The molecule has 4 heteroatoms. The van der Waals surface area contributed by atoms with Crippen LogP contribution < -0.4 is 5.32 Å². The first-order chi connectivity index (χ1) is 9.72. The predicted molar refractivity (Wildman–Crippen MR) is 76.4 cm³/mol. The lowest BCUT2D eigenvalue weighted by Gasteiger charge is -2.10. The van der Waals surface area contributed by atoms with Crippen molar-refractivity contribution in [2.75, 3.05) is 5.32 Å². The van der Waals surface area contributed by atoms with E-state index in [0.717, 1.165) is 0 Å². The van der Waals surface area contributed by atoms with E-state index in [-0.39, 0.29) is 11.7 Å². The summed E-state index contributed by atoms with van der Waals surface area (Å²) < 4.78 is 0. The molecule has 0 aliphatic rings. The molecule has 0 aliphatic carbocycles. The fourth-order valence-corrected chi connectivity index (χ4v) is 1.87. The number of carbonyl (C=O) groups excluding carboxylic acids is 1. The summed E-state index contributed by atoms with van der Waals surface area (Å²) in [5, 5.41) is 21.3. The summed E-state index contributed by atoms with van der Waals surface area (Å²) >= 11 is 0. The number of aryl methyl sites for hydroxylation is 1. The smallest absolute Gasteiger partial charge is 0.255 e. The third-order valence-electron chi connectivity index (χ3n) is 2.91. The molecule has 0 aromatic heterocycles. The molecule has 0 aliphatic heterocycles. The summed E-state index contributed by atoms with van der Waals surface area (Å²) in [5.74, 6) is -0.259. The molecule has 0 radical (unpaired) electrons. The average molecular weight is 266 g/mol. The van der Waals surface area contributed by atoms with Crippen molar-refractivity contribution in [1.29, 1.82) is 5.26 Å². The van der Waals surface area contributed by atoms with Crippen molar-refractivity contribution in [1.82, 2.24) is 0 Å². The summed E-state index contributed by atoms with van der Waals surface area (Å²) in [6, 6.07) is 15.9. The Morgan fingerprint density at radius 1 is 1.15 bits per heavy atom. The van der Waals surface area contributed by atoms with Crippen LogP contribution in [0.5, 0.6) is 5.75 Å². The van der Waals surface area contributed by atoms with Crippen LogP contribution >= 0.6 is 0 Å². The fraction of sp³-hybridized carbons (Fsp3) is 0.125. The van der Waals surface area contributed by atoms with Gasteiger partial charge in [0.1, 0.15) is 5.75 Å². The molecular weight excluding hydrogens is 252 g/mol. The zero-order valence-electron chi connectivity index (χ0n) is 10.8. The van der Waals surface area contributed by atoms with Crippen molar-refractivity contribution in [3.05, 3.63) is 59.7 Å². The molecule has 100 valence electrons. The summed E-state index contributed by atoms with van der Waals surface area (Å²) in [7, 11) is 0. The molecule has 1 amide bonds. The largest absolute Gasteiger partial charge is 0.505 e. The topological polar surface area (TPSA) is 73.1 Å². The molecule has 0 atom stereocenters. The number of phenolic OH excluding ortho intramolecular Hbond substituents is 1. The van der Waals surface area contributed by atoms with E-state index in [1.165, 1.54) is 0 Å². The molecule has 0 saturated carbocycles. The number of para-hydroxylation sites is 1. The van der Waals surface area contributed by atoms with E-state index >= 15 is 0 Å². The Labute approximate surface area is 117 Å². The number of nitrogens with zero attached hydrogens (tertiary/aromatic N) is 1. The fourth-order valence-electron chi connectivity index (χ4n) is 1.87. The third-order valence-corrected chi connectivity index (χ3v) is 2.91. The Balaban J connectivity index is 2.18. The number of amides is 1. The molecule has 2 rings (SSSR count). The van der Waals surface area contributed by atoms with Crippen LogP contribution in [0, 0.1) is 11.3 Å². The van der Waals surface area contributed by atoms with Gasteiger partial charge in [0.2, 0.25) is 0 Å². The minimum atomic E-state index is -0.279. The molecule has 0 heterocycles. The molecule has 20 heavy (non-hydrogen) atoms. The third kappa shape index (κ3) is 3.15. The number of hydrogen-bond acceptors (Lipinski definition) is 3. The molecule has 0 saturated heterocycles. The predicted octanol–water partition coefficient (Wildman–Crippen LogP) is 3.10. The number of benzene rings is 2. The first-order valence-corrected chi connectivity index (χ1v) is 6.26. The molecule has 2 N–H and O–H groups in total. The van der Waals surface area contributed by atoms with E-state index < -0.39 is 0 Å². The zero-order valence-corrected chi connectivity index (χ0v) is 10.8. The zero-order chi connectivity index (χ0) is 14.4. The van der Waals surface area contributed by atoms with Crippen LogP contribution in [0.3, 0.4) is 0 Å². The first-order valence-electron chi connectivity index (χ1n) is 6.26. The number of rotatable bonds is 4. The SMILES string of the molecule is N#CCCc1cccc(NC(=O)c2ccccc2)c1O. The van der Waals surface area contributed by atoms with Crippen LogP contribution in [-0.2, 0) is 6.42 Å². The van der Waals surface area contributed by atoms with Gasteiger partial charge in [-0.15, -0.1) is 0 Å². The monoisotopic (exact) mass is 266 g/mol. The summed E-state index contributed by atoms with van der Waals surface area (Å²) in [5.41, 5.74) is 1.53. The number of nitrogens with one attached hydrogen (secondary N) is 1. The lowest BCUT2D eigenvalue weighted by atomic mass is 10.1. The Morgan fingerprint density at radius 2 is 1.90 bits per heavy atom. The van der Waals surface area contributed by atoms with E-state index in [0.29, 0.717) is 29.7 Å². The number of phenols is 1. The molecule has 0 unspecified atom stereocenters. The van der Waals surface area contributed by atoms with Gasteiger partial charge in [0.25, 0.3) is 5.91 Å². The van der Waals surface area contributed by atoms with Gasteiger partial charge < -0.3 is 10.4 Å². The summed E-state index contributed by atoms with van der Waals surface area (Å²) in [4.78, 5) is 12.0. The maximum atomic E-state index is 12.0. The highest BCUT2D eigenvalue weighted by molar-refractivity contribution is 6.05. The Bertz CT molecular complexity index is 645. The van der Waals surface area contributed by atoms with Crippen LogP contribution in [0.1, 0.15) is 22.3 Å². The van der Waals surface area contributed by atoms with Crippen molar-refractivity contribution in [3.8, 4) is 11.8 Å². The molecule has 2 aromatic rings. The molecule has 0 spiro atoms. The van der Waals surface area contributed by atoms with E-state index in [4.69, 9.17) is 5.26 Å². The first kappa shape index (κ1) is 13.6. The van der Waals surface area contributed by atoms with Gasteiger partial charge in [0, 0.05) is 12.0 Å². The molecule has 0 fully saturated rings. The van der Waals surface area contributed by atoms with Gasteiger partial charge in [-0.1, -0.05) is 30.3 Å². The van der Waals surface area contributed by atoms with Crippen LogP contribution in [0.2, 0.25) is 0 Å². The Hall–Kier alpha value is -2.80. The molecule has 0 bridgehead atoms. The minimum Gasteiger partial charge on any atom is -0.505 e. The lowest BCUT2D eigenvalue weighted by molar-refractivity contribution is 0.102. The Morgan fingerprint density at radius 3 is 2.60 bits per heavy atom. The van der Waals surface area contributed by atoms with Gasteiger partial charge in [-0.3, -0.25) is 4.79 Å². The number of carbonyl (C=O) groups is 1. The maximum absolute atomic E-state index is 12.0. The van der Waals surface area contributed by atoms with Crippen molar-refractivity contribution < 1.29 is 9.90 Å². The maximum Gasteiger partial charge on any atom is 0.255 e.